The van der Waals surface area contributed by atoms with E-state index in [9.17, 15) is 0 Å². The van der Waals surface area contributed by atoms with Gasteiger partial charge in [-0.2, -0.15) is 0 Å². The first kappa shape index (κ1) is 33.0. The summed E-state index contributed by atoms with van der Waals surface area (Å²) in [4.78, 5) is 2.55. The van der Waals surface area contributed by atoms with Crippen LogP contribution < -0.4 is 4.90 Å². The number of fused-ring (bicyclic) bond motifs is 3. The summed E-state index contributed by atoms with van der Waals surface area (Å²) in [6, 6.07) is 53.3. The highest BCUT2D eigenvalue weighted by atomic mass is 15.1. The predicted octanol–water partition coefficient (Wildman–Crippen LogP) is 14.9. The highest BCUT2D eigenvalue weighted by molar-refractivity contribution is 5.96. The Kier molecular flexibility index (Phi) is 8.83. The average molecular weight is 678 g/mol. The molecule has 6 aromatic rings. The zero-order chi connectivity index (χ0) is 35.1. The normalized spacial score (nSPS) is 17.0. The summed E-state index contributed by atoms with van der Waals surface area (Å²) in [7, 11) is 0. The van der Waals surface area contributed by atoms with Gasteiger partial charge in [-0.3, -0.25) is 0 Å². The Hall–Kier alpha value is -4.88. The van der Waals surface area contributed by atoms with Gasteiger partial charge in [0.2, 0.25) is 0 Å². The van der Waals surface area contributed by atoms with E-state index in [0.29, 0.717) is 11.8 Å². The molecule has 0 saturated heterocycles. The third kappa shape index (κ3) is 5.99. The van der Waals surface area contributed by atoms with Crippen molar-refractivity contribution in [3.63, 3.8) is 0 Å². The summed E-state index contributed by atoms with van der Waals surface area (Å²) in [6.45, 7) is 4.82. The molecule has 0 N–H and O–H groups in total. The lowest BCUT2D eigenvalue weighted by Gasteiger charge is -2.31. The molecule has 6 aromatic carbocycles. The van der Waals surface area contributed by atoms with Crippen molar-refractivity contribution in [3.05, 3.63) is 162 Å². The molecule has 2 fully saturated rings. The van der Waals surface area contributed by atoms with Gasteiger partial charge in [-0.15, -0.1) is 0 Å². The van der Waals surface area contributed by atoms with Crippen molar-refractivity contribution in [2.75, 3.05) is 4.90 Å². The maximum atomic E-state index is 2.55. The molecule has 0 radical (unpaired) electrons. The molecule has 0 amide bonds. The Bertz CT molecular complexity index is 2160. The van der Waals surface area contributed by atoms with Gasteiger partial charge in [0, 0.05) is 22.5 Å². The SMILES string of the molecule is CC1(C)c2ccccc2-c2c(-c3ccccc3)cc(N(c3ccc(C4CCCCC4)cc3)c3ccc(C4CCCCC4)c(-c4ccccc4)c3)cc21. The maximum Gasteiger partial charge on any atom is 0.0471 e. The Morgan fingerprint density at radius 1 is 0.442 bits per heavy atom. The van der Waals surface area contributed by atoms with Crippen LogP contribution in [0.1, 0.15) is 112 Å². The summed E-state index contributed by atoms with van der Waals surface area (Å²) in [5.74, 6) is 1.30. The zero-order valence-electron chi connectivity index (χ0n) is 31.0. The minimum atomic E-state index is -0.123. The van der Waals surface area contributed by atoms with Crippen LogP contribution in [-0.4, -0.2) is 0 Å². The average Bonchev–Trinajstić information content (AvgIpc) is 3.45. The minimum absolute atomic E-state index is 0.123. The topological polar surface area (TPSA) is 3.24 Å². The molecule has 9 rings (SSSR count). The van der Waals surface area contributed by atoms with Gasteiger partial charge in [0.05, 0.1) is 0 Å². The molecule has 0 heterocycles. The van der Waals surface area contributed by atoms with Crippen molar-refractivity contribution in [2.24, 2.45) is 0 Å². The predicted molar refractivity (Wildman–Crippen MR) is 221 cm³/mol. The van der Waals surface area contributed by atoms with Crippen molar-refractivity contribution >= 4 is 17.1 Å². The number of anilines is 3. The van der Waals surface area contributed by atoms with Gasteiger partial charge in [0.15, 0.2) is 0 Å². The van der Waals surface area contributed by atoms with E-state index in [-0.39, 0.29) is 5.41 Å². The van der Waals surface area contributed by atoms with Crippen LogP contribution in [0.4, 0.5) is 17.1 Å². The third-order valence-corrected chi connectivity index (χ3v) is 12.7. The number of rotatable bonds is 7. The fourth-order valence-corrected chi connectivity index (χ4v) is 9.87. The Balaban J connectivity index is 1.26. The minimum Gasteiger partial charge on any atom is -0.310 e. The molecule has 3 aliphatic rings. The van der Waals surface area contributed by atoms with E-state index in [0.717, 1.165) is 0 Å². The van der Waals surface area contributed by atoms with E-state index >= 15 is 0 Å². The fraction of sp³-hybridized carbons (Fsp3) is 0.294. The Morgan fingerprint density at radius 3 is 1.67 bits per heavy atom. The zero-order valence-corrected chi connectivity index (χ0v) is 31.0. The summed E-state index contributed by atoms with van der Waals surface area (Å²) in [5, 5.41) is 0. The van der Waals surface area contributed by atoms with Crippen LogP contribution in [-0.2, 0) is 5.41 Å². The van der Waals surface area contributed by atoms with Gasteiger partial charge in [0.1, 0.15) is 0 Å². The molecule has 1 nitrogen and oxygen atoms in total. The van der Waals surface area contributed by atoms with Crippen LogP contribution in [0.3, 0.4) is 0 Å². The van der Waals surface area contributed by atoms with Crippen molar-refractivity contribution in [1.29, 1.82) is 0 Å². The second-order valence-electron chi connectivity index (χ2n) is 16.2. The number of hydrogen-bond acceptors (Lipinski definition) is 1. The lowest BCUT2D eigenvalue weighted by Crippen LogP contribution is -2.17. The molecule has 3 aliphatic carbocycles. The quantitative estimate of drug-likeness (QED) is 0.163. The summed E-state index contributed by atoms with van der Waals surface area (Å²) < 4.78 is 0. The number of benzene rings is 6. The third-order valence-electron chi connectivity index (χ3n) is 12.7. The molecule has 0 spiro atoms. The number of hydrogen-bond donors (Lipinski definition) is 0. The molecule has 52 heavy (non-hydrogen) atoms. The number of nitrogens with zero attached hydrogens (tertiary/aromatic N) is 1. The Morgan fingerprint density at radius 2 is 1.00 bits per heavy atom. The molecule has 2 saturated carbocycles. The van der Waals surface area contributed by atoms with E-state index in [1.54, 1.807) is 0 Å². The van der Waals surface area contributed by atoms with Gasteiger partial charge < -0.3 is 4.90 Å². The molecule has 0 aromatic heterocycles. The summed E-state index contributed by atoms with van der Waals surface area (Å²) in [6.07, 6.45) is 13.3. The monoisotopic (exact) mass is 677 g/mol. The second-order valence-corrected chi connectivity index (χ2v) is 16.2. The summed E-state index contributed by atoms with van der Waals surface area (Å²) >= 11 is 0. The smallest absolute Gasteiger partial charge is 0.0471 e. The molecule has 260 valence electrons. The van der Waals surface area contributed by atoms with E-state index in [1.807, 2.05) is 0 Å². The molecular weight excluding hydrogens is 627 g/mol. The largest absolute Gasteiger partial charge is 0.310 e. The van der Waals surface area contributed by atoms with Crippen molar-refractivity contribution in [1.82, 2.24) is 0 Å². The van der Waals surface area contributed by atoms with Crippen LogP contribution >= 0.6 is 0 Å². The van der Waals surface area contributed by atoms with Crippen molar-refractivity contribution in [2.45, 2.75) is 95.3 Å². The summed E-state index contributed by atoms with van der Waals surface area (Å²) in [5.41, 5.74) is 17.3. The van der Waals surface area contributed by atoms with Crippen LogP contribution in [0, 0.1) is 0 Å². The van der Waals surface area contributed by atoms with Crippen molar-refractivity contribution in [3.8, 4) is 33.4 Å². The van der Waals surface area contributed by atoms with Crippen molar-refractivity contribution < 1.29 is 0 Å². The molecule has 0 aliphatic heterocycles. The first-order chi connectivity index (χ1) is 25.6. The molecule has 0 unspecified atom stereocenters. The van der Waals surface area contributed by atoms with Gasteiger partial charge in [0.25, 0.3) is 0 Å². The van der Waals surface area contributed by atoms with Crippen LogP contribution in [0.15, 0.2) is 140 Å². The highest BCUT2D eigenvalue weighted by Gasteiger charge is 2.38. The van der Waals surface area contributed by atoms with Crippen LogP contribution in [0.5, 0.6) is 0 Å². The van der Waals surface area contributed by atoms with E-state index in [1.165, 1.54) is 137 Å². The van der Waals surface area contributed by atoms with Gasteiger partial charge in [-0.1, -0.05) is 156 Å². The lowest BCUT2D eigenvalue weighted by molar-refractivity contribution is 0.443. The first-order valence-electron chi connectivity index (χ1n) is 20.0. The standard InChI is InChI=1S/C51H51N/c1-51(2)48-26-16-15-25-45(48)50-47(40-23-13-6-14-24-40)34-43(35-49(50)51)52(41-29-27-37(28-30-41)36-17-7-3-8-18-36)42-31-32-44(38-19-9-4-10-20-38)46(33-42)39-21-11-5-12-22-39/h5-6,11-16,21-36,38H,3-4,7-10,17-20H2,1-2H3. The molecular formula is C51H51N. The second kappa shape index (κ2) is 13.9. The molecule has 1 heteroatoms. The lowest BCUT2D eigenvalue weighted by atomic mass is 9.80. The Labute approximate surface area is 311 Å². The van der Waals surface area contributed by atoms with Gasteiger partial charge >= 0.3 is 0 Å². The van der Waals surface area contributed by atoms with E-state index in [4.69, 9.17) is 0 Å². The van der Waals surface area contributed by atoms with Crippen LogP contribution in [0.25, 0.3) is 33.4 Å². The van der Waals surface area contributed by atoms with E-state index < -0.39 is 0 Å². The van der Waals surface area contributed by atoms with Crippen LogP contribution in [0.2, 0.25) is 0 Å². The maximum absolute atomic E-state index is 2.55. The van der Waals surface area contributed by atoms with Gasteiger partial charge in [-0.05, 0) is 130 Å². The van der Waals surface area contributed by atoms with Gasteiger partial charge in [-0.25, -0.2) is 0 Å². The fourth-order valence-electron chi connectivity index (χ4n) is 9.87. The highest BCUT2D eigenvalue weighted by Crippen LogP contribution is 2.55. The van der Waals surface area contributed by atoms with E-state index in [2.05, 4.69) is 158 Å². The first-order valence-corrected chi connectivity index (χ1v) is 20.0. The molecule has 0 bridgehead atoms. The molecule has 0 atom stereocenters.